The van der Waals surface area contributed by atoms with E-state index in [2.05, 4.69) is 15.5 Å². The summed E-state index contributed by atoms with van der Waals surface area (Å²) in [5.41, 5.74) is 0. The molecule has 1 N–H and O–H groups in total. The van der Waals surface area contributed by atoms with Gasteiger partial charge in [0, 0.05) is 24.6 Å². The van der Waals surface area contributed by atoms with Crippen LogP contribution in [0, 0.1) is 0 Å². The summed E-state index contributed by atoms with van der Waals surface area (Å²) < 4.78 is 1.93. The summed E-state index contributed by atoms with van der Waals surface area (Å²) in [6.45, 7) is 0.867. The summed E-state index contributed by atoms with van der Waals surface area (Å²) in [4.78, 5) is 11.3. The zero-order chi connectivity index (χ0) is 10.7. The molecule has 1 aliphatic rings. The highest BCUT2D eigenvalue weighted by Gasteiger charge is 2.17. The Balaban J connectivity index is 2.08. The average molecular weight is 247 g/mol. The minimum atomic E-state index is -0.115. The summed E-state index contributed by atoms with van der Waals surface area (Å²) in [5, 5.41) is 11.5. The number of alkyl halides is 1. The fourth-order valence-electron chi connectivity index (χ4n) is 1.35. The zero-order valence-corrected chi connectivity index (χ0v) is 9.64. The molecule has 0 unspecified atom stereocenters. The maximum atomic E-state index is 11.3. The van der Waals surface area contributed by atoms with E-state index >= 15 is 0 Å². The summed E-state index contributed by atoms with van der Waals surface area (Å²) in [7, 11) is 0. The maximum Gasteiger partial charge on any atom is 0.231 e. The Bertz CT molecular complexity index is 368. The molecule has 0 aromatic carbocycles. The van der Waals surface area contributed by atoms with Crippen LogP contribution in [0.4, 0.5) is 5.95 Å². The van der Waals surface area contributed by atoms with E-state index in [-0.39, 0.29) is 5.91 Å². The molecule has 0 atom stereocenters. The van der Waals surface area contributed by atoms with Gasteiger partial charge in [-0.05, 0) is 6.42 Å². The number of hydrogen-bond donors (Lipinski definition) is 1. The molecular weight excluding hydrogens is 236 g/mol. The highest BCUT2D eigenvalue weighted by Crippen LogP contribution is 2.25. The molecule has 0 fully saturated rings. The molecule has 0 saturated carbocycles. The first-order chi connectivity index (χ1) is 7.31. The molecule has 15 heavy (non-hydrogen) atoms. The fraction of sp³-hybridized carbons (Fsp3) is 0.625. The number of carbonyl (C=O) groups is 1. The van der Waals surface area contributed by atoms with E-state index in [1.165, 1.54) is 0 Å². The molecule has 5 nitrogen and oxygen atoms in total. The largest absolute Gasteiger partial charge is 0.295 e. The van der Waals surface area contributed by atoms with E-state index in [9.17, 15) is 4.79 Å². The first-order valence-electron chi connectivity index (χ1n) is 4.73. The highest BCUT2D eigenvalue weighted by molar-refractivity contribution is 7.99. The molecule has 2 rings (SSSR count). The molecule has 1 amide bonds. The second kappa shape index (κ2) is 4.85. The van der Waals surface area contributed by atoms with Crippen molar-refractivity contribution in [1.29, 1.82) is 0 Å². The molecule has 0 bridgehead atoms. The van der Waals surface area contributed by atoms with E-state index in [1.807, 2.05) is 4.57 Å². The molecule has 1 aromatic heterocycles. The zero-order valence-electron chi connectivity index (χ0n) is 8.07. The number of rotatable bonds is 3. The van der Waals surface area contributed by atoms with Crippen LogP contribution >= 0.6 is 23.4 Å². The van der Waals surface area contributed by atoms with Crippen LogP contribution in [0.1, 0.15) is 12.8 Å². The number of fused-ring (bicyclic) bond motifs is 1. The van der Waals surface area contributed by atoms with E-state index < -0.39 is 0 Å². The van der Waals surface area contributed by atoms with Crippen LogP contribution in [0.15, 0.2) is 5.16 Å². The third-order valence-electron chi connectivity index (χ3n) is 2.05. The van der Waals surface area contributed by atoms with Crippen LogP contribution in [0.5, 0.6) is 0 Å². The van der Waals surface area contributed by atoms with Gasteiger partial charge in [0.15, 0.2) is 5.16 Å². The van der Waals surface area contributed by atoms with Gasteiger partial charge in [0.2, 0.25) is 11.9 Å². The van der Waals surface area contributed by atoms with Crippen LogP contribution in [0.3, 0.4) is 0 Å². The minimum Gasteiger partial charge on any atom is -0.295 e. The molecule has 0 saturated heterocycles. The van der Waals surface area contributed by atoms with Gasteiger partial charge in [-0.2, -0.15) is 0 Å². The number of amides is 1. The molecule has 1 aromatic rings. The lowest BCUT2D eigenvalue weighted by Gasteiger charge is -2.13. The number of thioether (sulfide) groups is 1. The lowest BCUT2D eigenvalue weighted by Crippen LogP contribution is -2.17. The normalized spacial score (nSPS) is 14.7. The number of hydrogen-bond acceptors (Lipinski definition) is 4. The number of anilines is 1. The van der Waals surface area contributed by atoms with Gasteiger partial charge in [-0.25, -0.2) is 0 Å². The Kier molecular flexibility index (Phi) is 3.48. The highest BCUT2D eigenvalue weighted by atomic mass is 35.5. The predicted octanol–water partition coefficient (Wildman–Crippen LogP) is 1.34. The number of halogens is 1. The van der Waals surface area contributed by atoms with Crippen molar-refractivity contribution in [3.63, 3.8) is 0 Å². The molecule has 0 aliphatic carbocycles. The molecule has 1 aliphatic heterocycles. The number of nitrogens with one attached hydrogen (secondary N) is 1. The van der Waals surface area contributed by atoms with Crippen LogP contribution in [0.2, 0.25) is 0 Å². The molecule has 0 radical (unpaired) electrons. The first-order valence-corrected chi connectivity index (χ1v) is 6.25. The van der Waals surface area contributed by atoms with E-state index in [0.717, 1.165) is 23.9 Å². The fourth-order valence-corrected chi connectivity index (χ4v) is 2.41. The lowest BCUT2D eigenvalue weighted by atomic mass is 10.4. The Morgan fingerprint density at radius 1 is 1.60 bits per heavy atom. The van der Waals surface area contributed by atoms with Crippen LogP contribution < -0.4 is 5.32 Å². The number of carbonyl (C=O) groups excluding carboxylic acids is 1. The van der Waals surface area contributed by atoms with Gasteiger partial charge in [0.25, 0.3) is 0 Å². The average Bonchev–Trinajstić information content (AvgIpc) is 2.62. The standard InChI is InChI=1S/C8H11ClN4OS/c9-3-2-6(14)10-7-11-12-8-13(7)4-1-5-15-8/h1-5H2,(H,10,11,14). The van der Waals surface area contributed by atoms with Gasteiger partial charge in [-0.1, -0.05) is 11.8 Å². The molecular formula is C8H11ClN4OS. The SMILES string of the molecule is O=C(CCCl)Nc1nnc2n1CCCS2. The second-order valence-electron chi connectivity index (χ2n) is 3.15. The van der Waals surface area contributed by atoms with Gasteiger partial charge < -0.3 is 0 Å². The Morgan fingerprint density at radius 2 is 2.47 bits per heavy atom. The van der Waals surface area contributed by atoms with Crippen LogP contribution in [-0.2, 0) is 11.3 Å². The van der Waals surface area contributed by atoms with Crippen molar-refractivity contribution in [1.82, 2.24) is 14.8 Å². The Labute approximate surface area is 96.6 Å². The van der Waals surface area contributed by atoms with Gasteiger partial charge in [0.1, 0.15) is 0 Å². The van der Waals surface area contributed by atoms with Gasteiger partial charge >= 0.3 is 0 Å². The topological polar surface area (TPSA) is 59.8 Å². The molecule has 7 heteroatoms. The Morgan fingerprint density at radius 3 is 3.27 bits per heavy atom. The van der Waals surface area contributed by atoms with Crippen molar-refractivity contribution in [2.24, 2.45) is 0 Å². The third-order valence-corrected chi connectivity index (χ3v) is 3.29. The van der Waals surface area contributed by atoms with E-state index in [0.29, 0.717) is 18.2 Å². The van der Waals surface area contributed by atoms with Crippen molar-refractivity contribution < 1.29 is 4.79 Å². The minimum absolute atomic E-state index is 0.115. The molecule has 82 valence electrons. The summed E-state index contributed by atoms with van der Waals surface area (Å²) in [6.07, 6.45) is 1.38. The third kappa shape index (κ3) is 2.43. The van der Waals surface area contributed by atoms with Gasteiger partial charge in [0.05, 0.1) is 0 Å². The van der Waals surface area contributed by atoms with Crippen molar-refractivity contribution in [3.8, 4) is 0 Å². The summed E-state index contributed by atoms with van der Waals surface area (Å²) >= 11 is 7.13. The van der Waals surface area contributed by atoms with Gasteiger partial charge in [-0.3, -0.25) is 14.7 Å². The van der Waals surface area contributed by atoms with Crippen molar-refractivity contribution in [2.45, 2.75) is 24.5 Å². The summed E-state index contributed by atoms with van der Waals surface area (Å²) in [5.74, 6) is 1.80. The molecule has 2 heterocycles. The summed E-state index contributed by atoms with van der Waals surface area (Å²) in [6, 6.07) is 0. The maximum absolute atomic E-state index is 11.3. The van der Waals surface area contributed by atoms with Crippen LogP contribution in [0.25, 0.3) is 0 Å². The molecule has 0 spiro atoms. The monoisotopic (exact) mass is 246 g/mol. The number of nitrogens with zero attached hydrogens (tertiary/aromatic N) is 3. The second-order valence-corrected chi connectivity index (χ2v) is 4.59. The predicted molar refractivity (Wildman–Crippen MR) is 59.3 cm³/mol. The number of aromatic nitrogens is 3. The van der Waals surface area contributed by atoms with E-state index in [4.69, 9.17) is 11.6 Å². The quantitative estimate of drug-likeness (QED) is 0.818. The van der Waals surface area contributed by atoms with Crippen molar-refractivity contribution in [2.75, 3.05) is 16.9 Å². The van der Waals surface area contributed by atoms with E-state index in [1.54, 1.807) is 11.8 Å². The van der Waals surface area contributed by atoms with Gasteiger partial charge in [-0.15, -0.1) is 21.8 Å². The first kappa shape index (κ1) is 10.8. The smallest absolute Gasteiger partial charge is 0.231 e. The lowest BCUT2D eigenvalue weighted by molar-refractivity contribution is -0.115. The van der Waals surface area contributed by atoms with Crippen molar-refractivity contribution in [3.05, 3.63) is 0 Å². The van der Waals surface area contributed by atoms with Crippen molar-refractivity contribution >= 4 is 35.2 Å². The Hall–Kier alpha value is -0.750. The van der Waals surface area contributed by atoms with Crippen LogP contribution in [-0.4, -0.2) is 32.3 Å².